The summed E-state index contributed by atoms with van der Waals surface area (Å²) in [5, 5.41) is 31.0. The van der Waals surface area contributed by atoms with Crippen LogP contribution in [0.5, 0.6) is 0 Å². The highest BCUT2D eigenvalue weighted by molar-refractivity contribution is 5.89. The molecule has 0 fully saturated rings. The maximum Gasteiger partial charge on any atom is 0.339 e. The Bertz CT molecular complexity index is 1000. The molecule has 2 rings (SSSR count). The van der Waals surface area contributed by atoms with Crippen molar-refractivity contribution in [2.75, 3.05) is 19.6 Å². The molecular formula is C22H32N6O7. The summed E-state index contributed by atoms with van der Waals surface area (Å²) in [4.78, 5) is 48.6. The second-order valence-electron chi connectivity index (χ2n) is 8.34. The Balaban J connectivity index is 1.68. The van der Waals surface area contributed by atoms with Crippen LogP contribution in [0.1, 0.15) is 47.6 Å². The first-order valence-corrected chi connectivity index (χ1v) is 11.1. The summed E-state index contributed by atoms with van der Waals surface area (Å²) < 4.78 is 5.28. The average Bonchev–Trinajstić information content (AvgIpc) is 3.39. The van der Waals surface area contributed by atoms with Gasteiger partial charge in [-0.3, -0.25) is 15.0 Å². The minimum Gasteiger partial charge on any atom is -0.480 e. The van der Waals surface area contributed by atoms with Gasteiger partial charge in [-0.1, -0.05) is 11.6 Å². The van der Waals surface area contributed by atoms with Gasteiger partial charge in [-0.05, 0) is 32.3 Å². The summed E-state index contributed by atoms with van der Waals surface area (Å²) in [6.07, 6.45) is 3.02. The Morgan fingerprint density at radius 1 is 1.23 bits per heavy atom. The van der Waals surface area contributed by atoms with Crippen molar-refractivity contribution in [3.05, 3.63) is 34.8 Å². The van der Waals surface area contributed by atoms with Gasteiger partial charge in [0.25, 0.3) is 0 Å². The Morgan fingerprint density at radius 3 is 2.51 bits per heavy atom. The van der Waals surface area contributed by atoms with E-state index < -0.39 is 29.9 Å². The number of furan rings is 1. The van der Waals surface area contributed by atoms with Crippen molar-refractivity contribution in [3.8, 4) is 0 Å². The molecule has 2 atom stereocenters. The quantitative estimate of drug-likeness (QED) is 0.0811. The molecule has 1 aromatic rings. The number of nitrogens with two attached hydrogens (primary N) is 2. The molecule has 9 N–H and O–H groups in total. The number of aliphatic carboxylic acids is 1. The van der Waals surface area contributed by atoms with Crippen molar-refractivity contribution in [2.45, 2.75) is 51.1 Å². The number of carbonyl (C=O) groups is 4. The van der Waals surface area contributed by atoms with Crippen molar-refractivity contribution in [1.29, 1.82) is 5.41 Å². The second kappa shape index (κ2) is 12.6. The largest absolute Gasteiger partial charge is 0.480 e. The SMILES string of the molecule is Cc1oc(CC(NC(=O)CCCCNC(=O)C(N)CC2=CCN(C(=N)N)C2)C(=O)O)cc1C(=O)O. The van der Waals surface area contributed by atoms with Gasteiger partial charge in [-0.25, -0.2) is 9.59 Å². The third-order valence-electron chi connectivity index (χ3n) is 5.52. The number of rotatable bonds is 13. The van der Waals surface area contributed by atoms with Crippen LogP contribution in [0.2, 0.25) is 0 Å². The normalized spacial score (nSPS) is 14.7. The standard InChI is InChI=1S/C22H32N6O7/c1-12-15(20(31)32)9-14(35-12)10-17(21(33)34)27-18(29)4-2-3-6-26-19(30)16(23)8-13-5-7-28(11-13)22(24)25/h5,9,16-17H,2-4,6-8,10-11,23H2,1H3,(H3,24,25)(H,26,30)(H,27,29)(H,31,32)(H,33,34). The van der Waals surface area contributed by atoms with Crippen LogP contribution in [-0.4, -0.2) is 76.5 Å². The van der Waals surface area contributed by atoms with Crippen molar-refractivity contribution in [2.24, 2.45) is 11.5 Å². The van der Waals surface area contributed by atoms with Crippen LogP contribution in [0.4, 0.5) is 0 Å². The average molecular weight is 493 g/mol. The number of carbonyl (C=O) groups excluding carboxylic acids is 2. The van der Waals surface area contributed by atoms with E-state index in [4.69, 9.17) is 26.4 Å². The van der Waals surface area contributed by atoms with Gasteiger partial charge in [0.1, 0.15) is 23.1 Å². The third-order valence-corrected chi connectivity index (χ3v) is 5.52. The highest BCUT2D eigenvalue weighted by atomic mass is 16.4. The Morgan fingerprint density at radius 2 is 1.94 bits per heavy atom. The number of nitrogens with zero attached hydrogens (tertiary/aromatic N) is 1. The number of guanidine groups is 1. The molecule has 35 heavy (non-hydrogen) atoms. The predicted molar refractivity (Wildman–Crippen MR) is 125 cm³/mol. The van der Waals surface area contributed by atoms with E-state index in [1.807, 2.05) is 6.08 Å². The summed E-state index contributed by atoms with van der Waals surface area (Å²) in [5.41, 5.74) is 12.3. The smallest absolute Gasteiger partial charge is 0.339 e. The first-order valence-electron chi connectivity index (χ1n) is 11.1. The van der Waals surface area contributed by atoms with Crippen LogP contribution < -0.4 is 22.1 Å². The lowest BCUT2D eigenvalue weighted by molar-refractivity contribution is -0.141. The molecule has 0 radical (unpaired) electrons. The molecule has 192 valence electrons. The molecule has 0 saturated carbocycles. The minimum atomic E-state index is -1.27. The Hall–Kier alpha value is -3.87. The van der Waals surface area contributed by atoms with Crippen molar-refractivity contribution >= 4 is 29.7 Å². The fourth-order valence-electron chi connectivity index (χ4n) is 3.60. The molecule has 2 heterocycles. The summed E-state index contributed by atoms with van der Waals surface area (Å²) in [6, 6.07) is -0.758. The van der Waals surface area contributed by atoms with E-state index in [-0.39, 0.29) is 41.8 Å². The zero-order chi connectivity index (χ0) is 26.1. The minimum absolute atomic E-state index is 0.0311. The van der Waals surface area contributed by atoms with Crippen molar-refractivity contribution in [3.63, 3.8) is 0 Å². The van der Waals surface area contributed by atoms with E-state index in [0.29, 0.717) is 38.9 Å². The molecule has 0 bridgehead atoms. The predicted octanol–water partition coefficient (Wildman–Crippen LogP) is -0.463. The third kappa shape index (κ3) is 8.45. The number of unbranched alkanes of at least 4 members (excludes halogenated alkanes) is 1. The van der Waals surface area contributed by atoms with Crippen LogP contribution in [0.15, 0.2) is 22.1 Å². The van der Waals surface area contributed by atoms with Gasteiger partial charge in [0.2, 0.25) is 11.8 Å². The van der Waals surface area contributed by atoms with Gasteiger partial charge in [0, 0.05) is 32.5 Å². The van der Waals surface area contributed by atoms with Gasteiger partial charge in [-0.15, -0.1) is 0 Å². The van der Waals surface area contributed by atoms with Crippen molar-refractivity contribution < 1.29 is 33.8 Å². The van der Waals surface area contributed by atoms with Gasteiger partial charge < -0.3 is 41.6 Å². The lowest BCUT2D eigenvalue weighted by Gasteiger charge is -2.17. The molecule has 2 unspecified atom stereocenters. The Labute approximate surface area is 202 Å². The number of hydrogen-bond acceptors (Lipinski definition) is 7. The molecule has 2 amide bonds. The second-order valence-corrected chi connectivity index (χ2v) is 8.34. The van der Waals surface area contributed by atoms with Gasteiger partial charge >= 0.3 is 11.9 Å². The van der Waals surface area contributed by atoms with Crippen LogP contribution >= 0.6 is 0 Å². The molecule has 1 aliphatic heterocycles. The molecule has 0 aliphatic carbocycles. The molecule has 1 aromatic heterocycles. The van der Waals surface area contributed by atoms with Crippen LogP contribution in [0.3, 0.4) is 0 Å². The molecule has 13 heteroatoms. The monoisotopic (exact) mass is 492 g/mol. The van der Waals surface area contributed by atoms with Gasteiger partial charge in [0.05, 0.1) is 6.04 Å². The van der Waals surface area contributed by atoms with Crippen LogP contribution in [0.25, 0.3) is 0 Å². The van der Waals surface area contributed by atoms with E-state index in [1.54, 1.807) is 4.90 Å². The number of carboxylic acid groups (broad SMARTS) is 2. The number of nitrogens with one attached hydrogen (secondary N) is 3. The van der Waals surface area contributed by atoms with Gasteiger partial charge in [-0.2, -0.15) is 0 Å². The topological polar surface area (TPSA) is 225 Å². The van der Waals surface area contributed by atoms with Crippen molar-refractivity contribution in [1.82, 2.24) is 15.5 Å². The molecule has 13 nitrogen and oxygen atoms in total. The van der Waals surface area contributed by atoms with Crippen LogP contribution in [-0.2, 0) is 20.8 Å². The summed E-state index contributed by atoms with van der Waals surface area (Å²) in [5.74, 6) is -2.98. The summed E-state index contributed by atoms with van der Waals surface area (Å²) in [6.45, 7) is 2.77. The van der Waals surface area contributed by atoms with E-state index in [9.17, 15) is 24.3 Å². The molecular weight excluding hydrogens is 460 g/mol. The first-order chi connectivity index (χ1) is 16.5. The number of hydrogen-bond donors (Lipinski definition) is 7. The lowest BCUT2D eigenvalue weighted by Crippen LogP contribution is -2.42. The maximum absolute atomic E-state index is 12.2. The van der Waals surface area contributed by atoms with E-state index in [2.05, 4.69) is 10.6 Å². The zero-order valence-electron chi connectivity index (χ0n) is 19.5. The number of carboxylic acids is 2. The number of aryl methyl sites for hydroxylation is 1. The number of amides is 2. The molecule has 0 saturated heterocycles. The van der Waals surface area contributed by atoms with E-state index >= 15 is 0 Å². The molecule has 0 spiro atoms. The van der Waals surface area contributed by atoms with E-state index in [1.165, 1.54) is 13.0 Å². The highest BCUT2D eigenvalue weighted by Crippen LogP contribution is 2.17. The fraction of sp³-hybridized carbons (Fsp3) is 0.500. The summed E-state index contributed by atoms with van der Waals surface area (Å²) in [7, 11) is 0. The fourth-order valence-corrected chi connectivity index (χ4v) is 3.60. The molecule has 1 aliphatic rings. The Kier molecular flexibility index (Phi) is 9.82. The van der Waals surface area contributed by atoms with Gasteiger partial charge in [0.15, 0.2) is 5.96 Å². The summed E-state index contributed by atoms with van der Waals surface area (Å²) >= 11 is 0. The molecule has 0 aromatic carbocycles. The lowest BCUT2D eigenvalue weighted by atomic mass is 10.1. The number of aromatic carboxylic acids is 1. The highest BCUT2D eigenvalue weighted by Gasteiger charge is 2.24. The maximum atomic E-state index is 12.2. The zero-order valence-corrected chi connectivity index (χ0v) is 19.5. The van der Waals surface area contributed by atoms with Crippen LogP contribution in [0, 0.1) is 12.3 Å². The van der Waals surface area contributed by atoms with E-state index in [0.717, 1.165) is 5.57 Å². The first kappa shape index (κ1) is 27.4.